The van der Waals surface area contributed by atoms with Gasteiger partial charge in [0.1, 0.15) is 5.56 Å². The highest BCUT2D eigenvalue weighted by Crippen LogP contribution is 2.23. The topological polar surface area (TPSA) is 77.4 Å². The Balaban J connectivity index is 0.000000234. The minimum absolute atomic E-state index is 0.0167. The van der Waals surface area contributed by atoms with Crippen molar-refractivity contribution in [2.75, 3.05) is 0 Å². The molecule has 0 aliphatic rings. The fourth-order valence-corrected chi connectivity index (χ4v) is 4.81. The van der Waals surface area contributed by atoms with Gasteiger partial charge in [0.05, 0.1) is 11.5 Å². The van der Waals surface area contributed by atoms with E-state index in [0.29, 0.717) is 5.92 Å². The average molecular weight is 574 g/mol. The first kappa shape index (κ1) is 26.3. The SMILES string of the molecule is Cc1ccc([I+]c2ccc(C(C)C)cc2)cc1.O=C([O-])c1c(F)c(F)c(F)c(F)c1C(=O)O. The van der Waals surface area contributed by atoms with Gasteiger partial charge in [0, 0.05) is 0 Å². The van der Waals surface area contributed by atoms with Crippen molar-refractivity contribution in [3.63, 3.8) is 0 Å². The molecule has 0 aliphatic carbocycles. The Labute approximate surface area is 198 Å². The van der Waals surface area contributed by atoms with Crippen molar-refractivity contribution in [2.45, 2.75) is 26.7 Å². The van der Waals surface area contributed by atoms with Gasteiger partial charge >= 0.3 is 27.2 Å². The molecule has 3 aromatic carbocycles. The van der Waals surface area contributed by atoms with E-state index < -0.39 is 46.3 Å². The number of halogens is 5. The second kappa shape index (κ2) is 11.3. The van der Waals surface area contributed by atoms with Crippen LogP contribution in [0.5, 0.6) is 0 Å². The largest absolute Gasteiger partial charge is 0.545 e. The highest BCUT2D eigenvalue weighted by Gasteiger charge is 2.29. The lowest BCUT2D eigenvalue weighted by atomic mass is 10.0. The second-order valence-corrected chi connectivity index (χ2v) is 10.2. The summed E-state index contributed by atoms with van der Waals surface area (Å²) in [4.78, 5) is 20.7. The number of benzene rings is 3. The van der Waals surface area contributed by atoms with E-state index in [1.54, 1.807) is 0 Å². The molecular weight excluding hydrogens is 555 g/mol. The molecule has 0 bridgehead atoms. The molecule has 0 saturated heterocycles. The summed E-state index contributed by atoms with van der Waals surface area (Å²) in [5.41, 5.74) is -0.921. The van der Waals surface area contributed by atoms with Gasteiger partial charge in [-0.1, -0.05) is 43.7 Å². The maximum absolute atomic E-state index is 12.9. The predicted molar refractivity (Wildman–Crippen MR) is 107 cm³/mol. The van der Waals surface area contributed by atoms with Crippen LogP contribution in [0.25, 0.3) is 0 Å². The van der Waals surface area contributed by atoms with E-state index in [9.17, 15) is 32.3 Å². The summed E-state index contributed by atoms with van der Waals surface area (Å²) in [5.74, 6) is -13.5. The van der Waals surface area contributed by atoms with Gasteiger partial charge in [-0.15, -0.1) is 0 Å². The third kappa shape index (κ3) is 6.53. The zero-order valence-corrected chi connectivity index (χ0v) is 19.9. The van der Waals surface area contributed by atoms with Crippen molar-refractivity contribution < 1.29 is 58.6 Å². The summed E-state index contributed by atoms with van der Waals surface area (Å²) in [6, 6.07) is 18.1. The van der Waals surface area contributed by atoms with E-state index in [1.165, 1.54) is 18.3 Å². The third-order valence-electron chi connectivity index (χ3n) is 4.45. The summed E-state index contributed by atoms with van der Waals surface area (Å²) >= 11 is -0.0167. The lowest BCUT2D eigenvalue weighted by molar-refractivity contribution is -0.597. The molecule has 0 saturated carbocycles. The minimum atomic E-state index is -2.47. The number of carbonyl (C=O) groups excluding carboxylic acids is 1. The van der Waals surface area contributed by atoms with Crippen LogP contribution >= 0.6 is 0 Å². The van der Waals surface area contributed by atoms with E-state index in [1.807, 2.05) is 0 Å². The molecule has 174 valence electrons. The lowest BCUT2D eigenvalue weighted by Crippen LogP contribution is -3.61. The maximum atomic E-state index is 12.9. The summed E-state index contributed by atoms with van der Waals surface area (Å²) < 4.78 is 53.9. The predicted octanol–water partition coefficient (Wildman–Crippen LogP) is 1.55. The first-order valence-corrected chi connectivity index (χ1v) is 11.7. The van der Waals surface area contributed by atoms with E-state index in [-0.39, 0.29) is 21.2 Å². The Morgan fingerprint density at radius 3 is 1.61 bits per heavy atom. The molecule has 0 fully saturated rings. The number of aryl methyl sites for hydroxylation is 1. The summed E-state index contributed by atoms with van der Waals surface area (Å²) in [6.45, 7) is 6.62. The lowest BCUT2D eigenvalue weighted by Gasteiger charge is -2.10. The standard InChI is InChI=1S/C16H18I.C8H2F4O4/c1-12(2)14-6-10-16(11-7-14)17-15-8-4-13(3)5-9-15;9-3-1(7(13)14)2(8(15)16)4(10)6(12)5(3)11/h4-12H,1-3H3;(H,13,14)(H,15,16)/q+1;/p-1. The Morgan fingerprint density at radius 2 is 1.21 bits per heavy atom. The fraction of sp³-hybridized carbons (Fsp3) is 0.167. The average Bonchev–Trinajstić information content (AvgIpc) is 2.76. The van der Waals surface area contributed by atoms with Crippen LogP contribution in [0.3, 0.4) is 0 Å². The van der Waals surface area contributed by atoms with Gasteiger partial charge in [0.15, 0.2) is 30.4 Å². The number of carboxylic acids is 2. The molecule has 1 N–H and O–H groups in total. The van der Waals surface area contributed by atoms with E-state index in [4.69, 9.17) is 5.11 Å². The number of hydrogen-bond donors (Lipinski definition) is 1. The molecule has 4 nitrogen and oxygen atoms in total. The zero-order chi connectivity index (χ0) is 24.9. The van der Waals surface area contributed by atoms with Crippen molar-refractivity contribution in [3.8, 4) is 0 Å². The molecule has 33 heavy (non-hydrogen) atoms. The Kier molecular flexibility index (Phi) is 8.98. The molecule has 0 spiro atoms. The first-order chi connectivity index (χ1) is 15.4. The monoisotopic (exact) mass is 574 g/mol. The zero-order valence-electron chi connectivity index (χ0n) is 17.8. The smallest absolute Gasteiger partial charge is 0.357 e. The normalized spacial score (nSPS) is 10.5. The summed E-state index contributed by atoms with van der Waals surface area (Å²) in [5, 5.41) is 18.6. The fourth-order valence-electron chi connectivity index (χ4n) is 2.66. The van der Waals surface area contributed by atoms with E-state index >= 15 is 0 Å². The van der Waals surface area contributed by atoms with Crippen molar-refractivity contribution in [3.05, 3.63) is 101 Å². The first-order valence-electron chi connectivity index (χ1n) is 9.56. The Hall–Kier alpha value is -2.95. The molecule has 9 heteroatoms. The van der Waals surface area contributed by atoms with Gasteiger partial charge in [-0.05, 0) is 42.7 Å². The number of hydrogen-bond acceptors (Lipinski definition) is 3. The van der Waals surface area contributed by atoms with E-state index in [0.717, 1.165) is 0 Å². The molecule has 0 amide bonds. The van der Waals surface area contributed by atoms with Crippen molar-refractivity contribution in [1.29, 1.82) is 0 Å². The van der Waals surface area contributed by atoms with Gasteiger partial charge in [0.25, 0.3) is 0 Å². The summed E-state index contributed by atoms with van der Waals surface area (Å²) in [7, 11) is 0. The van der Waals surface area contributed by atoms with E-state index in [2.05, 4.69) is 69.3 Å². The van der Waals surface area contributed by atoms with Crippen molar-refractivity contribution in [1.82, 2.24) is 0 Å². The van der Waals surface area contributed by atoms with Crippen molar-refractivity contribution in [2.24, 2.45) is 0 Å². The van der Waals surface area contributed by atoms with Gasteiger partial charge in [-0.25, -0.2) is 22.4 Å². The maximum Gasteiger partial charge on any atom is 0.357 e. The van der Waals surface area contributed by atoms with Gasteiger partial charge in [0.2, 0.25) is 0 Å². The molecule has 0 atom stereocenters. The second-order valence-electron chi connectivity index (χ2n) is 7.19. The Morgan fingerprint density at radius 1 is 0.788 bits per heavy atom. The van der Waals surface area contributed by atoms with Crippen LogP contribution in [0.1, 0.15) is 51.6 Å². The van der Waals surface area contributed by atoms with Crippen LogP contribution in [0.15, 0.2) is 48.5 Å². The van der Waals surface area contributed by atoms with Crippen molar-refractivity contribution >= 4 is 11.9 Å². The third-order valence-corrected chi connectivity index (χ3v) is 7.13. The number of carbonyl (C=O) groups is 2. The van der Waals surface area contributed by atoms with Crippen LogP contribution in [0.4, 0.5) is 17.6 Å². The number of carboxylic acid groups (broad SMARTS) is 2. The molecule has 3 rings (SSSR count). The molecule has 3 aromatic rings. The quantitative estimate of drug-likeness (QED) is 0.217. The molecule has 0 aromatic heterocycles. The van der Waals surface area contributed by atoms with Crippen LogP contribution in [0, 0.1) is 37.3 Å². The van der Waals surface area contributed by atoms with Crippen LogP contribution in [-0.2, 0) is 0 Å². The molecular formula is C24H19F4IO4. The van der Waals surface area contributed by atoms with Gasteiger partial charge in [-0.3, -0.25) is 0 Å². The number of aromatic carboxylic acids is 2. The van der Waals surface area contributed by atoms with Crippen LogP contribution in [0.2, 0.25) is 0 Å². The summed E-state index contributed by atoms with van der Waals surface area (Å²) in [6.07, 6.45) is 0. The minimum Gasteiger partial charge on any atom is -0.545 e. The molecule has 0 radical (unpaired) electrons. The molecule has 0 aliphatic heterocycles. The van der Waals surface area contributed by atoms with Gasteiger partial charge in [-0.2, -0.15) is 0 Å². The number of rotatable bonds is 5. The highest BCUT2D eigenvalue weighted by molar-refractivity contribution is 6.01. The molecule has 0 heterocycles. The van der Waals surface area contributed by atoms with Gasteiger partial charge < -0.3 is 15.0 Å². The molecule has 0 unspecified atom stereocenters. The Bertz CT molecular complexity index is 1120. The van der Waals surface area contributed by atoms with Crippen LogP contribution in [-0.4, -0.2) is 17.0 Å². The highest BCUT2D eigenvalue weighted by atomic mass is 127. The van der Waals surface area contributed by atoms with Crippen LogP contribution < -0.4 is 26.3 Å².